The van der Waals surface area contributed by atoms with Gasteiger partial charge >= 0.3 is 6.09 Å². The first-order valence-electron chi connectivity index (χ1n) is 11.0. The quantitative estimate of drug-likeness (QED) is 0.740. The molecule has 166 valence electrons. The molecule has 5 rings (SSSR count). The molecule has 4 bridgehead atoms. The smallest absolute Gasteiger partial charge is 0.410 e. The van der Waals surface area contributed by atoms with Gasteiger partial charge in [0.15, 0.2) is 9.84 Å². The number of amides is 1. The zero-order valence-corrected chi connectivity index (χ0v) is 19.0. The maximum Gasteiger partial charge on any atom is 0.410 e. The van der Waals surface area contributed by atoms with Crippen molar-refractivity contribution in [2.24, 2.45) is 5.92 Å². The van der Waals surface area contributed by atoms with Gasteiger partial charge in [0.25, 0.3) is 0 Å². The van der Waals surface area contributed by atoms with E-state index in [4.69, 9.17) is 4.74 Å². The molecule has 4 aliphatic rings. The molecular formula is C22H33N3O4S. The van der Waals surface area contributed by atoms with E-state index in [1.165, 1.54) is 6.26 Å². The summed E-state index contributed by atoms with van der Waals surface area (Å²) >= 11 is 0. The maximum absolute atomic E-state index is 12.9. The molecule has 1 atom stereocenters. The third-order valence-electron chi connectivity index (χ3n) is 6.64. The van der Waals surface area contributed by atoms with Crippen LogP contribution in [0.3, 0.4) is 0 Å². The SMILES string of the molecule is CC(C)OC(=O)N1CCC(CCCN2c3ccc4c(c3)CCNC42S(C)(=O)=O)CC1. The van der Waals surface area contributed by atoms with Crippen LogP contribution in [0.15, 0.2) is 18.2 Å². The van der Waals surface area contributed by atoms with Crippen LogP contribution in [0, 0.1) is 5.92 Å². The van der Waals surface area contributed by atoms with Gasteiger partial charge in [-0.25, -0.2) is 13.2 Å². The summed E-state index contributed by atoms with van der Waals surface area (Å²) in [4.78, 5) is 14.8. The van der Waals surface area contributed by atoms with Gasteiger partial charge in [0.05, 0.1) is 6.10 Å². The van der Waals surface area contributed by atoms with E-state index < -0.39 is 14.8 Å². The zero-order chi connectivity index (χ0) is 21.5. The predicted molar refractivity (Wildman–Crippen MR) is 117 cm³/mol. The number of fused-ring (bicyclic) bond motifs is 1. The molecule has 30 heavy (non-hydrogen) atoms. The first kappa shape index (κ1) is 21.4. The first-order chi connectivity index (χ1) is 14.2. The Morgan fingerprint density at radius 1 is 1.30 bits per heavy atom. The third-order valence-corrected chi connectivity index (χ3v) is 8.30. The molecule has 4 aliphatic heterocycles. The number of sulfone groups is 1. The molecule has 1 saturated heterocycles. The Kier molecular flexibility index (Phi) is 5.74. The van der Waals surface area contributed by atoms with Gasteiger partial charge in [-0.2, -0.15) is 0 Å². The summed E-state index contributed by atoms with van der Waals surface area (Å²) in [5.74, 6) is 0.558. The highest BCUT2D eigenvalue weighted by Gasteiger charge is 2.53. The van der Waals surface area contributed by atoms with Crippen LogP contribution in [0.1, 0.15) is 50.7 Å². The Balaban J connectivity index is 1.36. The van der Waals surface area contributed by atoms with Gasteiger partial charge < -0.3 is 14.5 Å². The number of piperidine rings is 1. The van der Waals surface area contributed by atoms with Gasteiger partial charge in [0.1, 0.15) is 0 Å². The average molecular weight is 436 g/mol. The van der Waals surface area contributed by atoms with Crippen molar-refractivity contribution in [3.63, 3.8) is 0 Å². The van der Waals surface area contributed by atoms with Crippen molar-refractivity contribution in [3.05, 3.63) is 29.3 Å². The van der Waals surface area contributed by atoms with Gasteiger partial charge in [0, 0.05) is 43.7 Å². The van der Waals surface area contributed by atoms with E-state index in [1.54, 1.807) is 4.90 Å². The molecule has 0 spiro atoms. The van der Waals surface area contributed by atoms with Crippen molar-refractivity contribution in [1.29, 1.82) is 0 Å². The van der Waals surface area contributed by atoms with Crippen LogP contribution in [0.5, 0.6) is 0 Å². The number of carbonyl (C=O) groups excluding carboxylic acids is 1. The number of benzene rings is 1. The Hall–Kier alpha value is -1.80. The van der Waals surface area contributed by atoms with Crippen LogP contribution >= 0.6 is 0 Å². The lowest BCUT2D eigenvalue weighted by Crippen LogP contribution is -2.65. The van der Waals surface area contributed by atoms with E-state index in [0.29, 0.717) is 19.0 Å². The molecule has 7 nitrogen and oxygen atoms in total. The van der Waals surface area contributed by atoms with Crippen LogP contribution in [-0.2, 0) is 26.0 Å². The monoisotopic (exact) mass is 435 g/mol. The summed E-state index contributed by atoms with van der Waals surface area (Å²) in [6.07, 6.45) is 5.80. The molecule has 0 radical (unpaired) electrons. The topological polar surface area (TPSA) is 79.0 Å². The fourth-order valence-electron chi connectivity index (χ4n) is 5.21. The number of hydrogen-bond acceptors (Lipinski definition) is 6. The van der Waals surface area contributed by atoms with Crippen LogP contribution in [0.2, 0.25) is 0 Å². The number of hydrogen-bond donors (Lipinski definition) is 1. The number of nitrogens with zero attached hydrogens (tertiary/aromatic N) is 2. The number of carbonyl (C=O) groups is 1. The molecule has 8 heteroatoms. The number of ether oxygens (including phenoxy) is 1. The Morgan fingerprint density at radius 2 is 2.03 bits per heavy atom. The summed E-state index contributed by atoms with van der Waals surface area (Å²) in [5.41, 5.74) is 3.03. The highest BCUT2D eigenvalue weighted by molar-refractivity contribution is 7.91. The van der Waals surface area contributed by atoms with E-state index >= 15 is 0 Å². The summed E-state index contributed by atoms with van der Waals surface area (Å²) in [5, 5.41) is 3.34. The number of nitrogens with one attached hydrogen (secondary N) is 1. The number of rotatable bonds is 6. The van der Waals surface area contributed by atoms with Crippen molar-refractivity contribution >= 4 is 21.6 Å². The normalized spacial score (nSPS) is 23.9. The van der Waals surface area contributed by atoms with E-state index in [9.17, 15) is 13.2 Å². The minimum Gasteiger partial charge on any atom is -0.447 e. The van der Waals surface area contributed by atoms with E-state index in [2.05, 4.69) is 16.3 Å². The molecule has 1 amide bonds. The Morgan fingerprint density at radius 3 is 2.70 bits per heavy atom. The van der Waals surface area contributed by atoms with Crippen LogP contribution in [0.4, 0.5) is 10.5 Å². The molecular weight excluding hydrogens is 402 g/mol. The molecule has 1 aromatic rings. The highest BCUT2D eigenvalue weighted by atomic mass is 32.2. The van der Waals surface area contributed by atoms with Gasteiger partial charge in [0.2, 0.25) is 4.99 Å². The van der Waals surface area contributed by atoms with Gasteiger partial charge in [-0.15, -0.1) is 0 Å². The van der Waals surface area contributed by atoms with Gasteiger partial charge in [-0.05, 0) is 69.6 Å². The minimum atomic E-state index is -3.37. The lowest BCUT2D eigenvalue weighted by molar-refractivity contribution is 0.0647. The van der Waals surface area contributed by atoms with Crippen molar-refractivity contribution in [3.8, 4) is 0 Å². The zero-order valence-electron chi connectivity index (χ0n) is 18.2. The Labute approximate surface area is 179 Å². The minimum absolute atomic E-state index is 0.0929. The maximum atomic E-state index is 12.9. The second-order valence-electron chi connectivity index (χ2n) is 9.09. The van der Waals surface area contributed by atoms with Crippen LogP contribution < -0.4 is 10.2 Å². The van der Waals surface area contributed by atoms with Crippen molar-refractivity contribution in [2.75, 3.05) is 37.3 Å². The third kappa shape index (κ3) is 3.68. The molecule has 0 saturated carbocycles. The summed E-state index contributed by atoms with van der Waals surface area (Å²) < 4.78 is 31.1. The molecule has 0 aromatic heterocycles. The number of likely N-dealkylation sites (tertiary alicyclic amines) is 1. The molecule has 1 unspecified atom stereocenters. The lowest BCUT2D eigenvalue weighted by Gasteiger charge is -2.51. The fraction of sp³-hybridized carbons (Fsp3) is 0.682. The molecule has 0 aliphatic carbocycles. The second-order valence-corrected chi connectivity index (χ2v) is 11.2. The predicted octanol–water partition coefficient (Wildman–Crippen LogP) is 2.84. The van der Waals surface area contributed by atoms with E-state index in [1.807, 2.05) is 26.0 Å². The molecule has 4 heterocycles. The summed E-state index contributed by atoms with van der Waals surface area (Å²) in [7, 11) is -3.37. The summed E-state index contributed by atoms with van der Waals surface area (Å²) in [6, 6.07) is 6.16. The molecule has 1 aromatic carbocycles. The van der Waals surface area contributed by atoms with Gasteiger partial charge in [-0.1, -0.05) is 6.07 Å². The van der Waals surface area contributed by atoms with Crippen LogP contribution in [0.25, 0.3) is 0 Å². The summed E-state index contributed by atoms with van der Waals surface area (Å²) in [6.45, 7) is 6.57. The first-order valence-corrected chi connectivity index (χ1v) is 12.9. The van der Waals surface area contributed by atoms with E-state index in [0.717, 1.165) is 62.0 Å². The lowest BCUT2D eigenvalue weighted by atomic mass is 9.90. The van der Waals surface area contributed by atoms with Crippen molar-refractivity contribution < 1.29 is 17.9 Å². The average Bonchev–Trinajstić information content (AvgIpc) is 2.69. The number of anilines is 1. The second kappa shape index (κ2) is 8.04. The standard InChI is InChI=1S/C22H33N3O4S/c1-16(2)29-21(26)24-13-9-17(10-14-24)5-4-12-25-19-6-7-20-18(15-19)8-11-23-22(20,25)30(3,27)28/h6-7,15-17,23H,4-5,8-14H2,1-3H3. The Bertz CT molecular complexity index is 909. The molecule has 1 fully saturated rings. The van der Waals surface area contributed by atoms with Gasteiger partial charge in [-0.3, -0.25) is 5.32 Å². The largest absolute Gasteiger partial charge is 0.447 e. The van der Waals surface area contributed by atoms with Crippen molar-refractivity contribution in [1.82, 2.24) is 10.2 Å². The highest BCUT2D eigenvalue weighted by Crippen LogP contribution is 2.45. The molecule has 1 N–H and O–H groups in total. The van der Waals surface area contributed by atoms with Crippen LogP contribution in [-0.4, -0.2) is 57.9 Å². The van der Waals surface area contributed by atoms with Crippen molar-refractivity contribution in [2.45, 2.75) is 57.1 Å². The fourth-order valence-corrected chi connectivity index (χ4v) is 6.77. The van der Waals surface area contributed by atoms with E-state index in [-0.39, 0.29) is 12.2 Å².